The summed E-state index contributed by atoms with van der Waals surface area (Å²) in [6.45, 7) is -2.27. The first-order valence-corrected chi connectivity index (χ1v) is 12.9. The van der Waals surface area contributed by atoms with Crippen LogP contribution in [0.1, 0.15) is 0 Å². The molecule has 5 rings (SSSR count). The Balaban J connectivity index is 1.63. The predicted octanol–water partition coefficient (Wildman–Crippen LogP) is -1.77. The van der Waals surface area contributed by atoms with E-state index in [4.69, 9.17) is 28.1 Å². The van der Waals surface area contributed by atoms with E-state index in [1.807, 2.05) is 0 Å². The SMILES string of the molecule is COc1cc(-c2oc3cc(O)cc(O)c3c(=O)c2O[C@@H]2O[C@H](CO)[C@H](O)[C@H](O)[C@H]2O[C@@H]2OC[C@](O)(CO)[C@H]2O)ccc1O. The molecule has 2 saturated heterocycles. The summed E-state index contributed by atoms with van der Waals surface area (Å²) < 4.78 is 33.4. The fourth-order valence-corrected chi connectivity index (χ4v) is 4.86. The second-order valence-corrected chi connectivity index (χ2v) is 10.1. The third kappa shape index (κ3) is 5.44. The molecule has 0 aliphatic carbocycles. The molecule has 2 fully saturated rings. The number of aliphatic hydroxyl groups excluding tert-OH is 5. The van der Waals surface area contributed by atoms with E-state index in [0.717, 1.165) is 12.1 Å². The molecule has 1 aromatic heterocycles. The van der Waals surface area contributed by atoms with E-state index in [2.05, 4.69) is 0 Å². The van der Waals surface area contributed by atoms with Crippen molar-refractivity contribution in [2.45, 2.75) is 48.7 Å². The molecule has 16 nitrogen and oxygen atoms in total. The van der Waals surface area contributed by atoms with E-state index in [9.17, 15) is 50.8 Å². The zero-order chi connectivity index (χ0) is 31.2. The molecule has 9 N–H and O–H groups in total. The molecular weight excluding hydrogens is 580 g/mol. The van der Waals surface area contributed by atoms with Crippen molar-refractivity contribution in [1.82, 2.24) is 0 Å². The highest BCUT2D eigenvalue weighted by molar-refractivity contribution is 5.88. The summed E-state index contributed by atoms with van der Waals surface area (Å²) in [7, 11) is 1.28. The van der Waals surface area contributed by atoms with Gasteiger partial charge >= 0.3 is 0 Å². The molecule has 2 aliphatic heterocycles. The summed E-state index contributed by atoms with van der Waals surface area (Å²) in [5, 5.41) is 91.6. The highest BCUT2D eigenvalue weighted by Gasteiger charge is 2.53. The fourth-order valence-electron chi connectivity index (χ4n) is 4.86. The van der Waals surface area contributed by atoms with Gasteiger partial charge in [0.1, 0.15) is 52.5 Å². The van der Waals surface area contributed by atoms with Gasteiger partial charge in [0.25, 0.3) is 0 Å². The van der Waals surface area contributed by atoms with Gasteiger partial charge in [0, 0.05) is 17.7 Å². The van der Waals surface area contributed by atoms with Gasteiger partial charge in [-0.15, -0.1) is 0 Å². The molecule has 43 heavy (non-hydrogen) atoms. The highest BCUT2D eigenvalue weighted by atomic mass is 16.8. The summed E-state index contributed by atoms with van der Waals surface area (Å²) in [6, 6.07) is 5.80. The smallest absolute Gasteiger partial charge is 0.239 e. The van der Waals surface area contributed by atoms with Crippen LogP contribution in [0.15, 0.2) is 39.5 Å². The molecule has 0 unspecified atom stereocenters. The Morgan fingerprint density at radius 2 is 1.74 bits per heavy atom. The topological polar surface area (TPSA) is 258 Å². The van der Waals surface area contributed by atoms with Crippen LogP contribution < -0.4 is 14.9 Å². The van der Waals surface area contributed by atoms with E-state index >= 15 is 0 Å². The van der Waals surface area contributed by atoms with Crippen LogP contribution in [-0.4, -0.2) is 122 Å². The monoisotopic (exact) mass is 610 g/mol. The Hall–Kier alpha value is -3.71. The number of aliphatic hydroxyl groups is 6. The lowest BCUT2D eigenvalue weighted by Gasteiger charge is -2.42. The van der Waals surface area contributed by atoms with Gasteiger partial charge in [0.15, 0.2) is 29.7 Å². The number of methoxy groups -OCH3 is 1. The van der Waals surface area contributed by atoms with Gasteiger partial charge in [-0.05, 0) is 18.2 Å². The molecular formula is C27H30O16. The van der Waals surface area contributed by atoms with Crippen LogP contribution in [0.4, 0.5) is 0 Å². The zero-order valence-corrected chi connectivity index (χ0v) is 22.4. The molecule has 2 aliphatic rings. The Kier molecular flexibility index (Phi) is 8.41. The van der Waals surface area contributed by atoms with E-state index in [0.29, 0.717) is 0 Å². The van der Waals surface area contributed by atoms with Crippen molar-refractivity contribution in [3.05, 3.63) is 40.6 Å². The Morgan fingerprint density at radius 1 is 1.00 bits per heavy atom. The maximum absolute atomic E-state index is 13.8. The Labute approximate surface area is 241 Å². The molecule has 0 amide bonds. The zero-order valence-electron chi connectivity index (χ0n) is 22.4. The second kappa shape index (κ2) is 11.8. The summed E-state index contributed by atoms with van der Waals surface area (Å²) in [6.07, 6.45) is -12.2. The van der Waals surface area contributed by atoms with Crippen LogP contribution in [0, 0.1) is 0 Å². The summed E-state index contributed by atoms with van der Waals surface area (Å²) in [5.74, 6) is -2.34. The number of rotatable bonds is 8. The summed E-state index contributed by atoms with van der Waals surface area (Å²) in [5.41, 5.74) is -3.26. The van der Waals surface area contributed by atoms with Crippen molar-refractivity contribution in [3.8, 4) is 40.1 Å². The number of phenolic OH excluding ortho intramolecular Hbond substituents is 3. The highest BCUT2D eigenvalue weighted by Crippen LogP contribution is 2.40. The standard InChI is InChI=1S/C27H30O16/c1-38-14-4-10(2-3-12(14)31)21-22(19(34)17-13(32)5-11(30)6-15(17)40-21)42-25-23(20(35)18(33)16(7-28)41-25)43-26-24(36)27(37,8-29)9-39-26/h2-6,16,18,20,23-26,28-33,35-37H,7-9H2,1H3/t16-,18+,20+,23-,24+,25+,26+,27-/m1/s1. The van der Waals surface area contributed by atoms with Crippen molar-refractivity contribution >= 4 is 11.0 Å². The van der Waals surface area contributed by atoms with Gasteiger partial charge in [-0.25, -0.2) is 0 Å². The maximum Gasteiger partial charge on any atom is 0.239 e. The average Bonchev–Trinajstić information content (AvgIpc) is 3.26. The number of fused-ring (bicyclic) bond motifs is 1. The average molecular weight is 611 g/mol. The number of benzene rings is 2. The van der Waals surface area contributed by atoms with Gasteiger partial charge in [-0.2, -0.15) is 0 Å². The lowest BCUT2D eigenvalue weighted by atomic mass is 9.98. The quantitative estimate of drug-likeness (QED) is 0.137. The van der Waals surface area contributed by atoms with Gasteiger partial charge in [-0.1, -0.05) is 0 Å². The first kappa shape index (κ1) is 30.7. The molecule has 8 atom stereocenters. The van der Waals surface area contributed by atoms with Crippen LogP contribution in [0.2, 0.25) is 0 Å². The largest absolute Gasteiger partial charge is 0.508 e. The van der Waals surface area contributed by atoms with Gasteiger partial charge in [-0.3, -0.25) is 4.79 Å². The predicted molar refractivity (Wildman–Crippen MR) is 141 cm³/mol. The normalized spacial score (nSPS) is 30.9. The molecule has 0 spiro atoms. The molecule has 16 heteroatoms. The van der Waals surface area contributed by atoms with E-state index in [1.54, 1.807) is 0 Å². The number of hydrogen-bond donors (Lipinski definition) is 9. The lowest BCUT2D eigenvalue weighted by Crippen LogP contribution is -2.62. The first-order chi connectivity index (χ1) is 20.4. The van der Waals surface area contributed by atoms with Crippen molar-refractivity contribution in [1.29, 1.82) is 0 Å². The minimum absolute atomic E-state index is 0.0253. The van der Waals surface area contributed by atoms with Crippen LogP contribution in [0.3, 0.4) is 0 Å². The van der Waals surface area contributed by atoms with Crippen LogP contribution in [0.25, 0.3) is 22.3 Å². The molecule has 3 heterocycles. The van der Waals surface area contributed by atoms with Crippen molar-refractivity contribution in [3.63, 3.8) is 0 Å². The first-order valence-electron chi connectivity index (χ1n) is 12.9. The van der Waals surface area contributed by atoms with Crippen LogP contribution >= 0.6 is 0 Å². The maximum atomic E-state index is 13.8. The third-order valence-electron chi connectivity index (χ3n) is 7.29. The number of ether oxygens (including phenoxy) is 5. The molecule has 234 valence electrons. The molecule has 0 radical (unpaired) electrons. The van der Waals surface area contributed by atoms with Crippen molar-refractivity contribution < 1.29 is 74.1 Å². The fraction of sp³-hybridized carbons (Fsp3) is 0.444. The molecule has 3 aromatic rings. The van der Waals surface area contributed by atoms with Gasteiger partial charge in [0.2, 0.25) is 17.5 Å². The van der Waals surface area contributed by atoms with E-state index < -0.39 is 96.6 Å². The van der Waals surface area contributed by atoms with Crippen LogP contribution in [0.5, 0.6) is 28.7 Å². The number of hydrogen-bond acceptors (Lipinski definition) is 16. The Morgan fingerprint density at radius 3 is 2.40 bits per heavy atom. The molecule has 2 aromatic carbocycles. The summed E-state index contributed by atoms with van der Waals surface area (Å²) in [4.78, 5) is 13.8. The minimum Gasteiger partial charge on any atom is -0.508 e. The Bertz CT molecular complexity index is 1540. The number of phenols is 3. The molecule has 0 bridgehead atoms. The van der Waals surface area contributed by atoms with Crippen molar-refractivity contribution in [2.24, 2.45) is 0 Å². The van der Waals surface area contributed by atoms with Crippen molar-refractivity contribution in [2.75, 3.05) is 26.9 Å². The van der Waals surface area contributed by atoms with Gasteiger partial charge < -0.3 is 74.1 Å². The minimum atomic E-state index is -2.11. The van der Waals surface area contributed by atoms with Crippen LogP contribution in [-0.2, 0) is 14.2 Å². The second-order valence-electron chi connectivity index (χ2n) is 10.1. The van der Waals surface area contributed by atoms with E-state index in [-0.39, 0.29) is 28.4 Å². The number of aromatic hydroxyl groups is 3. The summed E-state index contributed by atoms with van der Waals surface area (Å²) >= 11 is 0. The van der Waals surface area contributed by atoms with Gasteiger partial charge in [0.05, 0.1) is 26.9 Å². The lowest BCUT2D eigenvalue weighted by molar-refractivity contribution is -0.319. The molecule has 0 saturated carbocycles. The third-order valence-corrected chi connectivity index (χ3v) is 7.29. The van der Waals surface area contributed by atoms with E-state index in [1.165, 1.54) is 25.3 Å².